The zero-order valence-electron chi connectivity index (χ0n) is 12.7. The number of hydrogen-bond acceptors (Lipinski definition) is 3. The molecule has 21 heavy (non-hydrogen) atoms. The summed E-state index contributed by atoms with van der Waals surface area (Å²) in [6.45, 7) is 2.60. The fourth-order valence-electron chi connectivity index (χ4n) is 2.65. The van der Waals surface area contributed by atoms with E-state index in [1.807, 2.05) is 0 Å². The molecule has 0 bridgehead atoms. The van der Waals surface area contributed by atoms with Crippen molar-refractivity contribution in [3.05, 3.63) is 59.2 Å². The lowest BCUT2D eigenvalue weighted by atomic mass is 10.1. The van der Waals surface area contributed by atoms with Crippen LogP contribution in [0.4, 0.5) is 5.69 Å². The van der Waals surface area contributed by atoms with Crippen LogP contribution in [0.5, 0.6) is 5.75 Å². The maximum Gasteiger partial charge on any atom is 0.122 e. The first-order valence-electron chi connectivity index (χ1n) is 7.44. The Balaban J connectivity index is 1.57. The second-order valence-corrected chi connectivity index (χ2v) is 5.71. The van der Waals surface area contributed by atoms with Crippen LogP contribution in [0.15, 0.2) is 42.5 Å². The van der Waals surface area contributed by atoms with Gasteiger partial charge in [-0.25, -0.2) is 0 Å². The van der Waals surface area contributed by atoms with Gasteiger partial charge < -0.3 is 15.0 Å². The Hall–Kier alpha value is -2.00. The smallest absolute Gasteiger partial charge is 0.122 e. The van der Waals surface area contributed by atoms with Gasteiger partial charge in [0.25, 0.3) is 0 Å². The Morgan fingerprint density at radius 1 is 1.05 bits per heavy atom. The van der Waals surface area contributed by atoms with E-state index in [9.17, 15) is 0 Å². The van der Waals surface area contributed by atoms with Gasteiger partial charge in [0, 0.05) is 39.3 Å². The van der Waals surface area contributed by atoms with Crippen LogP contribution in [0.1, 0.15) is 16.7 Å². The van der Waals surface area contributed by atoms with Gasteiger partial charge in [-0.1, -0.05) is 24.3 Å². The van der Waals surface area contributed by atoms with Crippen molar-refractivity contribution in [2.45, 2.75) is 19.5 Å². The summed E-state index contributed by atoms with van der Waals surface area (Å²) < 4.78 is 5.54. The molecular formula is C18H22N2O. The first-order valence-corrected chi connectivity index (χ1v) is 7.44. The van der Waals surface area contributed by atoms with Crippen molar-refractivity contribution in [2.24, 2.45) is 0 Å². The van der Waals surface area contributed by atoms with Crippen molar-refractivity contribution in [2.75, 3.05) is 25.6 Å². The molecule has 0 aromatic heterocycles. The SMILES string of the molecule is CN(C)c1cccc(CNCc2ccc3c(c2)CCO3)c1. The first kappa shape index (κ1) is 14.0. The predicted molar refractivity (Wildman–Crippen MR) is 87.0 cm³/mol. The minimum Gasteiger partial charge on any atom is -0.493 e. The molecule has 0 aliphatic carbocycles. The molecule has 3 heteroatoms. The fourth-order valence-corrected chi connectivity index (χ4v) is 2.65. The molecule has 0 radical (unpaired) electrons. The highest BCUT2D eigenvalue weighted by Gasteiger charge is 2.11. The molecule has 0 spiro atoms. The highest BCUT2D eigenvalue weighted by Crippen LogP contribution is 2.25. The third kappa shape index (κ3) is 3.37. The molecule has 3 nitrogen and oxygen atoms in total. The number of nitrogens with one attached hydrogen (secondary N) is 1. The van der Waals surface area contributed by atoms with E-state index < -0.39 is 0 Å². The second-order valence-electron chi connectivity index (χ2n) is 5.71. The molecule has 1 aliphatic heterocycles. The molecule has 0 saturated carbocycles. The lowest BCUT2D eigenvalue weighted by molar-refractivity contribution is 0.357. The van der Waals surface area contributed by atoms with Gasteiger partial charge in [-0.2, -0.15) is 0 Å². The Labute approximate surface area is 126 Å². The average Bonchev–Trinajstić information content (AvgIpc) is 2.95. The summed E-state index contributed by atoms with van der Waals surface area (Å²) in [6.07, 6.45) is 1.04. The van der Waals surface area contributed by atoms with Crippen LogP contribution in [0.25, 0.3) is 0 Å². The second kappa shape index (κ2) is 6.19. The molecule has 0 amide bonds. The largest absolute Gasteiger partial charge is 0.493 e. The molecule has 2 aromatic rings. The number of rotatable bonds is 5. The van der Waals surface area contributed by atoms with E-state index in [1.54, 1.807) is 0 Å². The van der Waals surface area contributed by atoms with E-state index in [-0.39, 0.29) is 0 Å². The summed E-state index contributed by atoms with van der Waals surface area (Å²) in [4.78, 5) is 2.13. The number of anilines is 1. The van der Waals surface area contributed by atoms with Crippen LogP contribution < -0.4 is 15.0 Å². The van der Waals surface area contributed by atoms with E-state index in [0.29, 0.717) is 0 Å². The molecule has 1 aliphatic rings. The Morgan fingerprint density at radius 3 is 2.67 bits per heavy atom. The third-order valence-electron chi connectivity index (χ3n) is 3.84. The number of hydrogen-bond donors (Lipinski definition) is 1. The molecule has 0 unspecified atom stereocenters. The van der Waals surface area contributed by atoms with E-state index >= 15 is 0 Å². The quantitative estimate of drug-likeness (QED) is 0.912. The van der Waals surface area contributed by atoms with E-state index in [0.717, 1.165) is 31.9 Å². The zero-order valence-corrected chi connectivity index (χ0v) is 12.7. The summed E-state index contributed by atoms with van der Waals surface area (Å²) in [7, 11) is 4.14. The highest BCUT2D eigenvalue weighted by atomic mass is 16.5. The van der Waals surface area contributed by atoms with E-state index in [4.69, 9.17) is 4.74 Å². The van der Waals surface area contributed by atoms with Crippen molar-refractivity contribution in [3.63, 3.8) is 0 Å². The van der Waals surface area contributed by atoms with Gasteiger partial charge in [0.1, 0.15) is 5.75 Å². The van der Waals surface area contributed by atoms with Crippen molar-refractivity contribution < 1.29 is 4.74 Å². The van der Waals surface area contributed by atoms with Gasteiger partial charge in [0.2, 0.25) is 0 Å². The Bertz CT molecular complexity index is 622. The number of ether oxygens (including phenoxy) is 1. The van der Waals surface area contributed by atoms with Crippen molar-refractivity contribution in [1.82, 2.24) is 5.32 Å². The zero-order chi connectivity index (χ0) is 14.7. The molecule has 0 saturated heterocycles. The molecule has 1 heterocycles. The molecule has 3 rings (SSSR count). The molecule has 2 aromatic carbocycles. The Kier molecular flexibility index (Phi) is 4.11. The van der Waals surface area contributed by atoms with Crippen LogP contribution >= 0.6 is 0 Å². The van der Waals surface area contributed by atoms with Crippen molar-refractivity contribution in [3.8, 4) is 5.75 Å². The standard InChI is InChI=1S/C18H22N2O/c1-20(2)17-5-3-4-14(11-17)12-19-13-15-6-7-18-16(10-15)8-9-21-18/h3-7,10-11,19H,8-9,12-13H2,1-2H3. The molecular weight excluding hydrogens is 260 g/mol. The Morgan fingerprint density at radius 2 is 1.86 bits per heavy atom. The molecule has 1 N–H and O–H groups in total. The van der Waals surface area contributed by atoms with Gasteiger partial charge >= 0.3 is 0 Å². The number of benzene rings is 2. The lowest BCUT2D eigenvalue weighted by Gasteiger charge is -2.14. The minimum atomic E-state index is 0.823. The predicted octanol–water partition coefficient (Wildman–Crippen LogP) is 2.98. The number of nitrogens with zero attached hydrogens (tertiary/aromatic N) is 1. The summed E-state index contributed by atoms with van der Waals surface area (Å²) in [5.74, 6) is 1.05. The van der Waals surface area contributed by atoms with Crippen molar-refractivity contribution in [1.29, 1.82) is 0 Å². The maximum atomic E-state index is 5.54. The minimum absolute atomic E-state index is 0.823. The summed E-state index contributed by atoms with van der Waals surface area (Å²) in [6, 6.07) is 15.1. The topological polar surface area (TPSA) is 24.5 Å². The van der Waals surface area contributed by atoms with Gasteiger partial charge in [-0.05, 0) is 34.9 Å². The van der Waals surface area contributed by atoms with Gasteiger partial charge in [0.05, 0.1) is 6.61 Å². The van der Waals surface area contributed by atoms with Crippen LogP contribution in [-0.4, -0.2) is 20.7 Å². The fraction of sp³-hybridized carbons (Fsp3) is 0.333. The summed E-state index contributed by atoms with van der Waals surface area (Å²) >= 11 is 0. The van der Waals surface area contributed by atoms with Gasteiger partial charge in [0.15, 0.2) is 0 Å². The van der Waals surface area contributed by atoms with Crippen LogP contribution in [-0.2, 0) is 19.5 Å². The van der Waals surface area contributed by atoms with E-state index in [1.165, 1.54) is 22.4 Å². The van der Waals surface area contributed by atoms with Crippen molar-refractivity contribution >= 4 is 5.69 Å². The monoisotopic (exact) mass is 282 g/mol. The highest BCUT2D eigenvalue weighted by molar-refractivity contribution is 5.47. The van der Waals surface area contributed by atoms with Gasteiger partial charge in [-0.15, -0.1) is 0 Å². The summed E-state index contributed by atoms with van der Waals surface area (Å²) in [5, 5.41) is 3.52. The van der Waals surface area contributed by atoms with Crippen LogP contribution in [0.3, 0.4) is 0 Å². The van der Waals surface area contributed by atoms with Crippen LogP contribution in [0.2, 0.25) is 0 Å². The number of fused-ring (bicyclic) bond motifs is 1. The molecule has 0 fully saturated rings. The lowest BCUT2D eigenvalue weighted by Crippen LogP contribution is -2.14. The van der Waals surface area contributed by atoms with E-state index in [2.05, 4.69) is 66.8 Å². The normalized spacial score (nSPS) is 12.9. The molecule has 0 atom stereocenters. The first-order chi connectivity index (χ1) is 10.2. The summed E-state index contributed by atoms with van der Waals surface area (Å²) in [5.41, 5.74) is 5.21. The maximum absolute atomic E-state index is 5.54. The van der Waals surface area contributed by atoms with Gasteiger partial charge in [-0.3, -0.25) is 0 Å². The third-order valence-corrected chi connectivity index (χ3v) is 3.84. The molecule has 110 valence electrons. The average molecular weight is 282 g/mol. The van der Waals surface area contributed by atoms with Crippen LogP contribution in [0, 0.1) is 0 Å².